The first kappa shape index (κ1) is 36.0. The Hall–Kier alpha value is -5.79. The summed E-state index contributed by atoms with van der Waals surface area (Å²) in [5, 5.41) is 18.5. The second-order valence-corrected chi connectivity index (χ2v) is 13.3. The molecule has 0 aliphatic carbocycles. The van der Waals surface area contributed by atoms with E-state index in [0.29, 0.717) is 70.8 Å². The summed E-state index contributed by atoms with van der Waals surface area (Å²) in [6.07, 6.45) is -0.289. The maximum absolute atomic E-state index is 13.7. The molecule has 0 saturated heterocycles. The van der Waals surface area contributed by atoms with Crippen LogP contribution in [0, 0.1) is 5.92 Å². The molecule has 3 atom stereocenters. The normalized spacial score (nSPS) is 17.2. The molecule has 52 heavy (non-hydrogen) atoms. The molecule has 0 spiro atoms. The highest BCUT2D eigenvalue weighted by Gasteiger charge is 2.31. The van der Waals surface area contributed by atoms with Crippen molar-refractivity contribution >= 4 is 40.6 Å². The maximum atomic E-state index is 13.7. The van der Waals surface area contributed by atoms with E-state index in [1.165, 1.54) is 0 Å². The number of urea groups is 1. The highest BCUT2D eigenvalue weighted by molar-refractivity contribution is 6.05. The average Bonchev–Trinajstić information content (AvgIpc) is 3.61. The SMILES string of the molecule is C[C@@H]1CN([C@H](C)CO)C(=O)Cc2cc(NC(=O)Nc3ccc4c(c3)OCO4)ccc2O[C@@H]1CN(C)Cc1ccc(C(=O)Nc2ccccc2N)cc1. The van der Waals surface area contributed by atoms with Gasteiger partial charge >= 0.3 is 6.03 Å². The lowest BCUT2D eigenvalue weighted by atomic mass is 10.0. The van der Waals surface area contributed by atoms with Gasteiger partial charge in [-0.3, -0.25) is 14.5 Å². The van der Waals surface area contributed by atoms with Crippen LogP contribution in [0.2, 0.25) is 0 Å². The summed E-state index contributed by atoms with van der Waals surface area (Å²) in [4.78, 5) is 43.2. The second kappa shape index (κ2) is 16.0. The number of aliphatic hydroxyl groups is 1. The molecule has 6 rings (SSSR count). The van der Waals surface area contributed by atoms with Gasteiger partial charge in [-0.05, 0) is 74.1 Å². The van der Waals surface area contributed by atoms with Crippen molar-refractivity contribution in [3.8, 4) is 17.2 Å². The monoisotopic (exact) mass is 708 g/mol. The number of ether oxygens (including phenoxy) is 3. The van der Waals surface area contributed by atoms with Crippen LogP contribution < -0.4 is 35.9 Å². The van der Waals surface area contributed by atoms with E-state index in [4.69, 9.17) is 19.9 Å². The van der Waals surface area contributed by atoms with E-state index in [9.17, 15) is 19.5 Å². The number of carbonyl (C=O) groups excluding carboxylic acids is 3. The molecule has 13 nitrogen and oxygen atoms in total. The van der Waals surface area contributed by atoms with Gasteiger partial charge < -0.3 is 45.9 Å². The average molecular weight is 709 g/mol. The van der Waals surface area contributed by atoms with Gasteiger partial charge in [-0.1, -0.05) is 31.2 Å². The number of para-hydroxylation sites is 2. The first-order valence-corrected chi connectivity index (χ1v) is 17.2. The van der Waals surface area contributed by atoms with E-state index >= 15 is 0 Å². The number of likely N-dealkylation sites (N-methyl/N-ethyl adjacent to an activating group) is 1. The molecule has 2 heterocycles. The molecule has 6 N–H and O–H groups in total. The lowest BCUT2D eigenvalue weighted by molar-refractivity contribution is -0.134. The van der Waals surface area contributed by atoms with Crippen LogP contribution in [0.3, 0.4) is 0 Å². The number of nitrogen functional groups attached to an aromatic ring is 1. The smallest absolute Gasteiger partial charge is 0.323 e. The highest BCUT2D eigenvalue weighted by Crippen LogP contribution is 2.34. The van der Waals surface area contributed by atoms with E-state index < -0.39 is 12.1 Å². The zero-order valence-electron chi connectivity index (χ0n) is 29.4. The van der Waals surface area contributed by atoms with E-state index in [-0.39, 0.29) is 43.7 Å². The van der Waals surface area contributed by atoms with Crippen LogP contribution in [0.15, 0.2) is 84.9 Å². The van der Waals surface area contributed by atoms with E-state index in [1.54, 1.807) is 65.6 Å². The predicted molar refractivity (Wildman–Crippen MR) is 199 cm³/mol. The number of nitrogens with zero attached hydrogens (tertiary/aromatic N) is 2. The summed E-state index contributed by atoms with van der Waals surface area (Å²) in [5.74, 6) is 1.23. The molecule has 0 radical (unpaired) electrons. The number of fused-ring (bicyclic) bond motifs is 2. The lowest BCUT2D eigenvalue weighted by Crippen LogP contribution is -2.47. The number of carbonyl (C=O) groups is 3. The van der Waals surface area contributed by atoms with E-state index in [0.717, 1.165) is 5.56 Å². The Balaban J connectivity index is 1.14. The summed E-state index contributed by atoms with van der Waals surface area (Å²) in [5.41, 5.74) is 10.2. The van der Waals surface area contributed by atoms with Crippen molar-refractivity contribution in [2.45, 2.75) is 39.0 Å². The van der Waals surface area contributed by atoms with Crippen LogP contribution in [0.1, 0.15) is 35.3 Å². The molecular weight excluding hydrogens is 664 g/mol. The minimum atomic E-state index is -0.465. The van der Waals surface area contributed by atoms with Gasteiger partial charge in [0.15, 0.2) is 11.5 Å². The Morgan fingerprint density at radius 3 is 2.37 bits per heavy atom. The molecule has 0 fully saturated rings. The summed E-state index contributed by atoms with van der Waals surface area (Å²) in [6.45, 7) is 5.33. The van der Waals surface area contributed by atoms with Gasteiger partial charge in [0.25, 0.3) is 5.91 Å². The Kier molecular flexibility index (Phi) is 11.1. The van der Waals surface area contributed by atoms with Gasteiger partial charge in [0.2, 0.25) is 12.7 Å². The quantitative estimate of drug-likeness (QED) is 0.140. The molecule has 4 aromatic rings. The molecule has 4 aromatic carbocycles. The van der Waals surface area contributed by atoms with Gasteiger partial charge in [-0.15, -0.1) is 0 Å². The molecule has 0 saturated carbocycles. The topological polar surface area (TPSA) is 168 Å². The van der Waals surface area contributed by atoms with Crippen molar-refractivity contribution < 1.29 is 33.7 Å². The number of benzene rings is 4. The third kappa shape index (κ3) is 8.74. The number of hydrogen-bond acceptors (Lipinski definition) is 9. The van der Waals surface area contributed by atoms with Crippen molar-refractivity contribution in [2.75, 3.05) is 55.2 Å². The number of amides is 4. The van der Waals surface area contributed by atoms with Crippen LogP contribution in [-0.4, -0.2) is 78.4 Å². The van der Waals surface area contributed by atoms with Crippen LogP contribution in [0.4, 0.5) is 27.5 Å². The number of hydrogen-bond donors (Lipinski definition) is 5. The van der Waals surface area contributed by atoms with Gasteiger partial charge in [-0.25, -0.2) is 4.79 Å². The number of nitrogens with two attached hydrogens (primary N) is 1. The lowest BCUT2D eigenvalue weighted by Gasteiger charge is -2.34. The molecule has 2 aliphatic heterocycles. The van der Waals surface area contributed by atoms with Crippen LogP contribution >= 0.6 is 0 Å². The first-order valence-electron chi connectivity index (χ1n) is 17.2. The molecular formula is C39H44N6O7. The number of nitrogens with one attached hydrogen (secondary N) is 3. The predicted octanol–water partition coefficient (Wildman–Crippen LogP) is 5.17. The summed E-state index contributed by atoms with van der Waals surface area (Å²) >= 11 is 0. The molecule has 272 valence electrons. The fraction of sp³-hybridized carbons (Fsp3) is 0.308. The van der Waals surface area contributed by atoms with Gasteiger partial charge in [0.05, 0.1) is 30.4 Å². The molecule has 2 aliphatic rings. The Morgan fingerprint density at radius 2 is 1.63 bits per heavy atom. The Morgan fingerprint density at radius 1 is 0.942 bits per heavy atom. The standard InChI is InChI=1S/C39H44N6O7/c1-24-19-45(25(2)22-46)37(47)17-28-16-29(41-39(49)42-30-13-15-34-35(18-30)51-23-50-34)12-14-33(28)52-36(24)21-44(3)20-26-8-10-27(11-9-26)38(48)43-32-7-5-4-6-31(32)40/h4-16,18,24-25,36,46H,17,19-23,40H2,1-3H3,(H,43,48)(H2,41,42,49)/t24-,25-,36-/m1/s1. The number of rotatable bonds is 10. The summed E-state index contributed by atoms with van der Waals surface area (Å²) in [6, 6.07) is 24.1. The molecule has 0 unspecified atom stereocenters. The molecule has 13 heteroatoms. The minimum Gasteiger partial charge on any atom is -0.488 e. The third-order valence-electron chi connectivity index (χ3n) is 9.17. The van der Waals surface area contributed by atoms with Crippen LogP contribution in [-0.2, 0) is 17.8 Å². The molecule has 0 aromatic heterocycles. The first-order chi connectivity index (χ1) is 25.1. The second-order valence-electron chi connectivity index (χ2n) is 13.3. The van der Waals surface area contributed by atoms with Gasteiger partial charge in [-0.2, -0.15) is 0 Å². The van der Waals surface area contributed by atoms with Crippen molar-refractivity contribution in [3.05, 3.63) is 102 Å². The van der Waals surface area contributed by atoms with Crippen molar-refractivity contribution in [1.82, 2.24) is 9.80 Å². The van der Waals surface area contributed by atoms with Crippen LogP contribution in [0.5, 0.6) is 17.2 Å². The largest absolute Gasteiger partial charge is 0.488 e. The van der Waals surface area contributed by atoms with Gasteiger partial charge in [0, 0.05) is 54.1 Å². The fourth-order valence-corrected chi connectivity index (χ4v) is 6.24. The van der Waals surface area contributed by atoms with Crippen molar-refractivity contribution in [2.24, 2.45) is 5.92 Å². The summed E-state index contributed by atoms with van der Waals surface area (Å²) < 4.78 is 17.4. The molecule has 0 bridgehead atoms. The maximum Gasteiger partial charge on any atom is 0.323 e. The minimum absolute atomic E-state index is 0.0328. The number of aliphatic hydroxyl groups excluding tert-OH is 1. The van der Waals surface area contributed by atoms with Crippen molar-refractivity contribution in [1.29, 1.82) is 0 Å². The summed E-state index contributed by atoms with van der Waals surface area (Å²) in [7, 11) is 1.99. The Labute approximate surface area is 302 Å². The third-order valence-corrected chi connectivity index (χ3v) is 9.17. The van der Waals surface area contributed by atoms with Crippen molar-refractivity contribution in [3.63, 3.8) is 0 Å². The zero-order chi connectivity index (χ0) is 36.8. The van der Waals surface area contributed by atoms with E-state index in [1.807, 2.05) is 45.2 Å². The number of anilines is 4. The zero-order valence-corrected chi connectivity index (χ0v) is 29.4. The van der Waals surface area contributed by atoms with E-state index in [2.05, 4.69) is 20.9 Å². The highest BCUT2D eigenvalue weighted by atomic mass is 16.7. The Bertz CT molecular complexity index is 1920. The van der Waals surface area contributed by atoms with Crippen LogP contribution in [0.25, 0.3) is 0 Å². The fourth-order valence-electron chi connectivity index (χ4n) is 6.24. The van der Waals surface area contributed by atoms with Gasteiger partial charge in [0.1, 0.15) is 11.9 Å². The molecule has 4 amide bonds.